The van der Waals surface area contributed by atoms with Crippen molar-refractivity contribution < 1.29 is 13.2 Å². The average molecular weight is 440 g/mol. The van der Waals surface area contributed by atoms with Gasteiger partial charge in [0.1, 0.15) is 0 Å². The van der Waals surface area contributed by atoms with E-state index in [2.05, 4.69) is 12.1 Å². The Labute approximate surface area is 182 Å². The van der Waals surface area contributed by atoms with E-state index in [1.165, 1.54) is 11.8 Å². The van der Waals surface area contributed by atoms with Gasteiger partial charge in [-0.25, -0.2) is 8.42 Å². The molecule has 1 aliphatic rings. The van der Waals surface area contributed by atoms with Crippen LogP contribution >= 0.6 is 11.6 Å². The Bertz CT molecular complexity index is 1230. The maximum atomic E-state index is 12.4. The van der Waals surface area contributed by atoms with Crippen molar-refractivity contribution in [3.63, 3.8) is 0 Å². The van der Waals surface area contributed by atoms with Gasteiger partial charge in [-0.05, 0) is 77.1 Å². The van der Waals surface area contributed by atoms with E-state index < -0.39 is 9.84 Å². The minimum atomic E-state index is -3.23. The topological polar surface area (TPSA) is 54.5 Å². The lowest BCUT2D eigenvalue weighted by atomic mass is 9.92. The number of carbonyl (C=O) groups excluding carboxylic acids is 1. The molecule has 0 aromatic heterocycles. The molecule has 0 unspecified atom stereocenters. The molecule has 6 heteroatoms. The number of hydrogen-bond donors (Lipinski definition) is 0. The van der Waals surface area contributed by atoms with Crippen molar-refractivity contribution in [1.29, 1.82) is 0 Å². The summed E-state index contributed by atoms with van der Waals surface area (Å²) < 4.78 is 23.4. The molecule has 0 fully saturated rings. The third kappa shape index (κ3) is 4.13. The molecular formula is C24H22ClNO3S. The number of hydrogen-bond acceptors (Lipinski definition) is 3. The first-order valence-electron chi connectivity index (χ1n) is 9.71. The van der Waals surface area contributed by atoms with Crippen molar-refractivity contribution in [2.75, 3.05) is 11.2 Å². The third-order valence-electron chi connectivity index (χ3n) is 5.53. The van der Waals surface area contributed by atoms with Crippen LogP contribution in [0.5, 0.6) is 0 Å². The van der Waals surface area contributed by atoms with E-state index in [-0.39, 0.29) is 5.91 Å². The molecular weight excluding hydrogens is 418 g/mol. The molecule has 0 aliphatic carbocycles. The summed E-state index contributed by atoms with van der Waals surface area (Å²) in [6.45, 7) is 2.06. The molecule has 0 spiro atoms. The van der Waals surface area contributed by atoms with Gasteiger partial charge < -0.3 is 4.90 Å². The summed E-state index contributed by atoms with van der Waals surface area (Å²) >= 11 is 6.18. The lowest BCUT2D eigenvalue weighted by molar-refractivity contribution is -0.116. The van der Waals surface area contributed by atoms with Crippen molar-refractivity contribution in [3.05, 3.63) is 82.4 Å². The number of rotatable bonds is 2. The Morgan fingerprint density at radius 3 is 2.20 bits per heavy atom. The first-order valence-corrected chi connectivity index (χ1v) is 12.0. The number of halogens is 1. The van der Waals surface area contributed by atoms with Crippen LogP contribution in [-0.2, 0) is 34.0 Å². The van der Waals surface area contributed by atoms with Crippen LogP contribution in [-0.4, -0.2) is 20.6 Å². The molecule has 3 aromatic carbocycles. The van der Waals surface area contributed by atoms with Gasteiger partial charge in [-0.2, -0.15) is 0 Å². The second-order valence-electron chi connectivity index (χ2n) is 7.66. The van der Waals surface area contributed by atoms with Crippen LogP contribution in [0, 0.1) is 0 Å². The highest BCUT2D eigenvalue weighted by Gasteiger charge is 2.21. The van der Waals surface area contributed by atoms with E-state index in [9.17, 15) is 13.2 Å². The van der Waals surface area contributed by atoms with Crippen LogP contribution in [0.3, 0.4) is 0 Å². The molecule has 1 heterocycles. The fraction of sp³-hybridized carbons (Fsp3) is 0.208. The van der Waals surface area contributed by atoms with Crippen LogP contribution in [0.2, 0.25) is 5.02 Å². The number of benzene rings is 3. The van der Waals surface area contributed by atoms with Gasteiger partial charge in [0, 0.05) is 23.9 Å². The number of amides is 1. The van der Waals surface area contributed by atoms with Gasteiger partial charge in [0.05, 0.1) is 11.4 Å². The zero-order chi connectivity index (χ0) is 21.5. The summed E-state index contributed by atoms with van der Waals surface area (Å²) in [5.41, 5.74) is 6.20. The molecule has 4 nitrogen and oxygen atoms in total. The molecule has 0 atom stereocenters. The van der Waals surface area contributed by atoms with Crippen molar-refractivity contribution in [1.82, 2.24) is 0 Å². The third-order valence-corrected chi connectivity index (χ3v) is 6.89. The van der Waals surface area contributed by atoms with Crippen LogP contribution < -0.4 is 4.90 Å². The Kier molecular flexibility index (Phi) is 5.43. The van der Waals surface area contributed by atoms with E-state index in [4.69, 9.17) is 11.6 Å². The predicted octanol–water partition coefficient (Wildman–Crippen LogP) is 5.06. The largest absolute Gasteiger partial charge is 0.308 e. The summed E-state index contributed by atoms with van der Waals surface area (Å²) in [6, 6.07) is 18.8. The maximum absolute atomic E-state index is 12.4. The van der Waals surface area contributed by atoms with Crippen LogP contribution in [0.15, 0.2) is 65.6 Å². The molecule has 1 aliphatic heterocycles. The van der Waals surface area contributed by atoms with Crippen molar-refractivity contribution in [2.24, 2.45) is 0 Å². The molecule has 154 valence electrons. The average Bonchev–Trinajstić information content (AvgIpc) is 2.69. The minimum absolute atomic E-state index is 0.0191. The lowest BCUT2D eigenvalue weighted by Gasteiger charge is -2.28. The van der Waals surface area contributed by atoms with Gasteiger partial charge in [0.2, 0.25) is 5.91 Å². The Morgan fingerprint density at radius 2 is 1.53 bits per heavy atom. The van der Waals surface area contributed by atoms with Crippen LogP contribution in [0.1, 0.15) is 23.6 Å². The molecule has 3 aromatic rings. The van der Waals surface area contributed by atoms with Crippen LogP contribution in [0.25, 0.3) is 11.1 Å². The molecule has 1 amide bonds. The van der Waals surface area contributed by atoms with Crippen molar-refractivity contribution >= 4 is 33.0 Å². The lowest BCUT2D eigenvalue weighted by Crippen LogP contribution is -2.30. The second kappa shape index (κ2) is 7.89. The van der Waals surface area contributed by atoms with E-state index in [1.807, 2.05) is 36.4 Å². The van der Waals surface area contributed by atoms with Gasteiger partial charge in [-0.3, -0.25) is 4.79 Å². The zero-order valence-electron chi connectivity index (χ0n) is 16.9. The van der Waals surface area contributed by atoms with Gasteiger partial charge in [0.25, 0.3) is 0 Å². The number of fused-ring (bicyclic) bond motifs is 2. The van der Waals surface area contributed by atoms with Crippen molar-refractivity contribution in [2.45, 2.75) is 31.2 Å². The Balaban J connectivity index is 1.73. The van der Waals surface area contributed by atoms with Gasteiger partial charge in [0.15, 0.2) is 9.84 Å². The quantitative estimate of drug-likeness (QED) is 0.560. The van der Waals surface area contributed by atoms with E-state index in [0.29, 0.717) is 16.5 Å². The maximum Gasteiger partial charge on any atom is 0.224 e. The summed E-state index contributed by atoms with van der Waals surface area (Å²) in [5.74, 6) is -0.0191. The molecule has 0 saturated heterocycles. The smallest absolute Gasteiger partial charge is 0.224 e. The van der Waals surface area contributed by atoms with Crippen molar-refractivity contribution in [3.8, 4) is 11.1 Å². The zero-order valence-corrected chi connectivity index (χ0v) is 18.4. The highest BCUT2D eigenvalue weighted by Crippen LogP contribution is 2.32. The fourth-order valence-corrected chi connectivity index (χ4v) is 4.74. The number of nitrogens with zero attached hydrogens (tertiary/aromatic N) is 1. The normalized spacial score (nSPS) is 13.8. The van der Waals surface area contributed by atoms with E-state index >= 15 is 0 Å². The molecule has 30 heavy (non-hydrogen) atoms. The number of carbonyl (C=O) groups is 1. The number of sulfone groups is 1. The van der Waals surface area contributed by atoms with E-state index in [0.717, 1.165) is 40.8 Å². The fourth-order valence-electron chi connectivity index (χ4n) is 3.91. The minimum Gasteiger partial charge on any atom is -0.308 e. The van der Waals surface area contributed by atoms with E-state index in [1.54, 1.807) is 24.0 Å². The number of aryl methyl sites for hydroxylation is 2. The molecule has 0 N–H and O–H groups in total. The highest BCUT2D eigenvalue weighted by molar-refractivity contribution is 7.90. The molecule has 0 radical (unpaired) electrons. The second-order valence-corrected chi connectivity index (χ2v) is 10.1. The Hall–Kier alpha value is -2.63. The molecule has 0 bridgehead atoms. The first-order chi connectivity index (χ1) is 14.2. The summed E-state index contributed by atoms with van der Waals surface area (Å²) in [6.07, 6.45) is 2.87. The predicted molar refractivity (Wildman–Crippen MR) is 121 cm³/mol. The first kappa shape index (κ1) is 20.6. The number of anilines is 1. The van der Waals surface area contributed by atoms with Gasteiger partial charge in [-0.1, -0.05) is 35.9 Å². The molecule has 4 rings (SSSR count). The molecule has 0 saturated carbocycles. The standard InChI is InChI=1S/C24H22ClNO3S/c1-16(27)26-15-21-13-19(17-7-10-23(11-8-17)30(2,28)29)5-3-18(21)4-6-20-14-22(25)9-12-24(20)26/h3,5,7-14H,4,6,15H2,1-2H3. The summed E-state index contributed by atoms with van der Waals surface area (Å²) in [4.78, 5) is 14.5. The van der Waals surface area contributed by atoms with Gasteiger partial charge in [-0.15, -0.1) is 0 Å². The highest BCUT2D eigenvalue weighted by atomic mass is 35.5. The monoisotopic (exact) mass is 439 g/mol. The van der Waals surface area contributed by atoms with Gasteiger partial charge >= 0.3 is 0 Å². The van der Waals surface area contributed by atoms with Crippen LogP contribution in [0.4, 0.5) is 5.69 Å². The summed E-state index contributed by atoms with van der Waals surface area (Å²) in [7, 11) is -3.23. The Morgan fingerprint density at radius 1 is 0.867 bits per heavy atom. The summed E-state index contributed by atoms with van der Waals surface area (Å²) in [5, 5.41) is 0.672. The SMILES string of the molecule is CC(=O)N1Cc2cc(-c3ccc(S(C)(=O)=O)cc3)ccc2CCc2cc(Cl)ccc21.